The van der Waals surface area contributed by atoms with E-state index in [1.165, 1.54) is 17.5 Å². The fourth-order valence-corrected chi connectivity index (χ4v) is 2.03. The summed E-state index contributed by atoms with van der Waals surface area (Å²) < 4.78 is 2.21. The van der Waals surface area contributed by atoms with Crippen molar-refractivity contribution in [2.75, 3.05) is 0 Å². The normalized spacial score (nSPS) is 11.2. The van der Waals surface area contributed by atoms with E-state index in [9.17, 15) is 0 Å². The predicted molar refractivity (Wildman–Crippen MR) is 68.8 cm³/mol. The van der Waals surface area contributed by atoms with Gasteiger partial charge in [0, 0.05) is 23.5 Å². The molecule has 0 saturated heterocycles. The van der Waals surface area contributed by atoms with Crippen molar-refractivity contribution in [2.24, 2.45) is 5.16 Å². The van der Waals surface area contributed by atoms with Crippen LogP contribution in [0.4, 0.5) is 0 Å². The van der Waals surface area contributed by atoms with E-state index in [4.69, 9.17) is 5.21 Å². The quantitative estimate of drug-likeness (QED) is 0.489. The van der Waals surface area contributed by atoms with Crippen LogP contribution >= 0.6 is 0 Å². The molecule has 1 N–H and O–H groups in total. The molecule has 2 rings (SSSR count). The van der Waals surface area contributed by atoms with E-state index in [1.807, 2.05) is 31.2 Å². The van der Waals surface area contributed by atoms with Gasteiger partial charge in [-0.15, -0.1) is 0 Å². The molecule has 0 atom stereocenters. The number of aryl methyl sites for hydroxylation is 1. The van der Waals surface area contributed by atoms with Gasteiger partial charge < -0.3 is 9.77 Å². The van der Waals surface area contributed by atoms with Gasteiger partial charge in [-0.2, -0.15) is 0 Å². The van der Waals surface area contributed by atoms with Gasteiger partial charge in [-0.3, -0.25) is 0 Å². The number of oxime groups is 1. The molecule has 0 saturated carbocycles. The van der Waals surface area contributed by atoms with Crippen molar-refractivity contribution >= 4 is 6.21 Å². The molecule has 0 aliphatic carbocycles. The number of hydrogen-bond donors (Lipinski definition) is 1. The molecule has 0 amide bonds. The highest BCUT2D eigenvalue weighted by Crippen LogP contribution is 2.15. The van der Waals surface area contributed by atoms with Crippen molar-refractivity contribution < 1.29 is 5.21 Å². The van der Waals surface area contributed by atoms with E-state index in [0.29, 0.717) is 0 Å². The molecule has 0 aliphatic rings. The Morgan fingerprint density at radius 2 is 1.94 bits per heavy atom. The van der Waals surface area contributed by atoms with E-state index in [-0.39, 0.29) is 0 Å². The molecule has 0 fully saturated rings. The maximum absolute atomic E-state index is 8.59. The topological polar surface area (TPSA) is 37.5 Å². The van der Waals surface area contributed by atoms with Crippen molar-refractivity contribution in [3.63, 3.8) is 0 Å². The van der Waals surface area contributed by atoms with Crippen molar-refractivity contribution in [1.82, 2.24) is 4.57 Å². The molecule has 0 aliphatic heterocycles. The van der Waals surface area contributed by atoms with Crippen LogP contribution in [-0.2, 0) is 6.54 Å². The molecule has 3 heteroatoms. The molecule has 88 valence electrons. The third kappa shape index (κ3) is 2.38. The highest BCUT2D eigenvalue weighted by molar-refractivity contribution is 5.81. The lowest BCUT2D eigenvalue weighted by molar-refractivity contribution is 0.322. The first-order chi connectivity index (χ1) is 8.22. The van der Waals surface area contributed by atoms with Crippen LogP contribution in [0, 0.1) is 13.8 Å². The molecule has 0 spiro atoms. The minimum atomic E-state index is 0.845. The molecule has 0 radical (unpaired) electrons. The average Bonchev–Trinajstić information content (AvgIpc) is 2.59. The lowest BCUT2D eigenvalue weighted by Crippen LogP contribution is -2.04. The van der Waals surface area contributed by atoms with Gasteiger partial charge in [0.2, 0.25) is 0 Å². The van der Waals surface area contributed by atoms with Crippen molar-refractivity contribution in [3.8, 4) is 0 Å². The highest BCUT2D eigenvalue weighted by Gasteiger charge is 2.07. The van der Waals surface area contributed by atoms with Crippen LogP contribution < -0.4 is 0 Å². The molecule has 1 aromatic carbocycles. The Morgan fingerprint density at radius 3 is 2.59 bits per heavy atom. The van der Waals surface area contributed by atoms with Crippen molar-refractivity contribution in [3.05, 3.63) is 58.9 Å². The molecule has 3 nitrogen and oxygen atoms in total. The zero-order valence-electron chi connectivity index (χ0n) is 10.1. The number of hydrogen-bond acceptors (Lipinski definition) is 2. The minimum absolute atomic E-state index is 0.845. The van der Waals surface area contributed by atoms with E-state index < -0.39 is 0 Å². The Bertz CT molecular complexity index is 527. The van der Waals surface area contributed by atoms with E-state index in [2.05, 4.69) is 28.8 Å². The molecule has 0 unspecified atom stereocenters. The van der Waals surface area contributed by atoms with Gasteiger partial charge in [0.1, 0.15) is 0 Å². The number of rotatable bonds is 3. The zero-order valence-corrected chi connectivity index (χ0v) is 10.1. The second kappa shape index (κ2) is 4.87. The Labute approximate surface area is 101 Å². The number of benzene rings is 1. The van der Waals surface area contributed by atoms with Crippen molar-refractivity contribution in [2.45, 2.75) is 20.4 Å². The van der Waals surface area contributed by atoms with Gasteiger partial charge >= 0.3 is 0 Å². The van der Waals surface area contributed by atoms with Crippen LogP contribution in [0.3, 0.4) is 0 Å². The maximum atomic E-state index is 8.59. The third-order valence-electron chi connectivity index (χ3n) is 2.99. The predicted octanol–water partition coefficient (Wildman–Crippen LogP) is 2.96. The summed E-state index contributed by atoms with van der Waals surface area (Å²) in [4.78, 5) is 0. The lowest BCUT2D eigenvalue weighted by atomic mass is 10.2. The average molecular weight is 228 g/mol. The molecule has 1 heterocycles. The standard InChI is InChI=1S/C14H16N2O/c1-11-8-14(9-15-17)12(2)16(11)10-13-6-4-3-5-7-13/h3-9,17H,10H2,1-2H3/b15-9+. The monoisotopic (exact) mass is 228 g/mol. The van der Waals surface area contributed by atoms with Gasteiger partial charge in [-0.05, 0) is 25.5 Å². The van der Waals surface area contributed by atoms with E-state index in [0.717, 1.165) is 17.8 Å². The first-order valence-electron chi connectivity index (χ1n) is 5.60. The number of aromatic nitrogens is 1. The van der Waals surface area contributed by atoms with Crippen LogP contribution in [0.15, 0.2) is 41.6 Å². The summed E-state index contributed by atoms with van der Waals surface area (Å²) in [6.45, 7) is 4.94. The van der Waals surface area contributed by atoms with Gasteiger partial charge in [0.15, 0.2) is 0 Å². The van der Waals surface area contributed by atoms with Gasteiger partial charge in [-0.25, -0.2) is 0 Å². The number of nitrogens with zero attached hydrogens (tertiary/aromatic N) is 2. The minimum Gasteiger partial charge on any atom is -0.411 e. The first-order valence-corrected chi connectivity index (χ1v) is 5.60. The van der Waals surface area contributed by atoms with Crippen LogP contribution in [0.1, 0.15) is 22.5 Å². The van der Waals surface area contributed by atoms with Crippen LogP contribution in [0.25, 0.3) is 0 Å². The van der Waals surface area contributed by atoms with Gasteiger partial charge in [0.05, 0.1) is 6.21 Å². The highest BCUT2D eigenvalue weighted by atomic mass is 16.4. The zero-order chi connectivity index (χ0) is 12.3. The maximum Gasteiger partial charge on any atom is 0.0751 e. The fourth-order valence-electron chi connectivity index (χ4n) is 2.03. The van der Waals surface area contributed by atoms with Crippen molar-refractivity contribution in [1.29, 1.82) is 0 Å². The summed E-state index contributed by atoms with van der Waals surface area (Å²) >= 11 is 0. The Balaban J connectivity index is 2.33. The van der Waals surface area contributed by atoms with Crippen LogP contribution in [0.5, 0.6) is 0 Å². The summed E-state index contributed by atoms with van der Waals surface area (Å²) in [6.07, 6.45) is 1.48. The third-order valence-corrected chi connectivity index (χ3v) is 2.99. The Hall–Kier alpha value is -2.03. The Kier molecular flexibility index (Phi) is 3.28. The summed E-state index contributed by atoms with van der Waals surface area (Å²) in [5, 5.41) is 11.7. The smallest absolute Gasteiger partial charge is 0.0751 e. The van der Waals surface area contributed by atoms with Crippen LogP contribution in [0.2, 0.25) is 0 Å². The second-order valence-electron chi connectivity index (χ2n) is 4.14. The summed E-state index contributed by atoms with van der Waals surface area (Å²) in [5.74, 6) is 0. The second-order valence-corrected chi connectivity index (χ2v) is 4.14. The van der Waals surface area contributed by atoms with Gasteiger partial charge in [-0.1, -0.05) is 35.5 Å². The van der Waals surface area contributed by atoms with Gasteiger partial charge in [0.25, 0.3) is 0 Å². The molecule has 17 heavy (non-hydrogen) atoms. The van der Waals surface area contributed by atoms with E-state index >= 15 is 0 Å². The molecule has 0 bridgehead atoms. The lowest BCUT2D eigenvalue weighted by Gasteiger charge is -2.09. The molecule has 1 aromatic heterocycles. The molecular weight excluding hydrogens is 212 g/mol. The fraction of sp³-hybridized carbons (Fsp3) is 0.214. The first kappa shape index (κ1) is 11.5. The summed E-state index contributed by atoms with van der Waals surface area (Å²) in [6, 6.07) is 12.3. The van der Waals surface area contributed by atoms with Crippen LogP contribution in [-0.4, -0.2) is 16.0 Å². The summed E-state index contributed by atoms with van der Waals surface area (Å²) in [5.41, 5.74) is 4.51. The van der Waals surface area contributed by atoms with E-state index in [1.54, 1.807) is 0 Å². The molecular formula is C14H16N2O. The Morgan fingerprint density at radius 1 is 1.24 bits per heavy atom. The summed E-state index contributed by atoms with van der Waals surface area (Å²) in [7, 11) is 0. The largest absolute Gasteiger partial charge is 0.411 e. The molecule has 2 aromatic rings. The SMILES string of the molecule is Cc1cc(/C=N/O)c(C)n1Cc1ccccc1.